The summed E-state index contributed by atoms with van der Waals surface area (Å²) in [6, 6.07) is 19.0. The van der Waals surface area contributed by atoms with E-state index in [0.29, 0.717) is 23.2 Å². The quantitative estimate of drug-likeness (QED) is 0.468. The van der Waals surface area contributed by atoms with E-state index in [9.17, 15) is 4.57 Å². The summed E-state index contributed by atoms with van der Waals surface area (Å²) < 4.78 is 15.6. The van der Waals surface area contributed by atoms with Crippen LogP contribution in [0.1, 0.15) is 25.0 Å². The summed E-state index contributed by atoms with van der Waals surface area (Å²) in [5.74, 6) is 3.28. The van der Waals surface area contributed by atoms with Gasteiger partial charge in [-0.15, -0.1) is 0 Å². The summed E-state index contributed by atoms with van der Waals surface area (Å²) >= 11 is 12.9. The third-order valence-electron chi connectivity index (χ3n) is 3.87. The Balaban J connectivity index is 2.50. The van der Waals surface area contributed by atoms with E-state index in [1.54, 1.807) is 11.6 Å². The minimum absolute atomic E-state index is 0.463. The molecule has 2 aromatic rings. The van der Waals surface area contributed by atoms with Crippen LogP contribution in [0.3, 0.4) is 0 Å². The van der Waals surface area contributed by atoms with Crippen molar-refractivity contribution in [3.8, 4) is 0 Å². The molecule has 2 aromatic carbocycles. The van der Waals surface area contributed by atoms with Gasteiger partial charge in [0.15, 0.2) is 7.29 Å². The van der Waals surface area contributed by atoms with Crippen LogP contribution in [0, 0.1) is 0 Å². The average Bonchev–Trinajstić information content (AvgIpc) is 2.64. The first kappa shape index (κ1) is 20.0. The van der Waals surface area contributed by atoms with Gasteiger partial charge < -0.3 is 0 Å². The Hall–Kier alpha value is -1.31. The van der Waals surface area contributed by atoms with E-state index in [4.69, 9.17) is 23.2 Å². The van der Waals surface area contributed by atoms with Crippen molar-refractivity contribution in [1.29, 1.82) is 0 Å². The third kappa shape index (κ3) is 5.33. The molecule has 1 unspecified atom stereocenters. The van der Waals surface area contributed by atoms with Crippen molar-refractivity contribution in [1.82, 2.24) is 4.67 Å². The third-order valence-corrected chi connectivity index (χ3v) is 7.53. The molecule has 2 rings (SSSR count). The lowest BCUT2D eigenvalue weighted by Crippen LogP contribution is -2.17. The molecule has 0 saturated heterocycles. The van der Waals surface area contributed by atoms with Crippen LogP contribution in [0.2, 0.25) is 0 Å². The van der Waals surface area contributed by atoms with Gasteiger partial charge in [-0.05, 0) is 11.1 Å². The molecule has 25 heavy (non-hydrogen) atoms. The van der Waals surface area contributed by atoms with Crippen molar-refractivity contribution in [2.24, 2.45) is 0 Å². The lowest BCUT2D eigenvalue weighted by molar-refractivity contribution is 0.457. The zero-order chi connectivity index (χ0) is 18.3. The molecule has 0 aliphatic carbocycles. The number of rotatable bonds is 7. The van der Waals surface area contributed by atoms with Gasteiger partial charge in [0.25, 0.3) is 0 Å². The van der Waals surface area contributed by atoms with Crippen LogP contribution in [0.4, 0.5) is 0 Å². The molecule has 0 fully saturated rings. The van der Waals surface area contributed by atoms with Gasteiger partial charge in [0.1, 0.15) is 0 Å². The van der Waals surface area contributed by atoms with E-state index < -0.39 is 7.29 Å². The maximum atomic E-state index is 13.7. The van der Waals surface area contributed by atoms with E-state index in [1.165, 1.54) is 0 Å². The Morgan fingerprint density at radius 3 is 1.52 bits per heavy atom. The SMILES string of the molecule is CCN(CC)P(=O)(C=C(Cl)c1ccccc1)/C=C(\Cl)c1ccccc1. The first-order valence-corrected chi connectivity index (χ1v) is 10.8. The van der Waals surface area contributed by atoms with Crippen molar-refractivity contribution < 1.29 is 4.57 Å². The van der Waals surface area contributed by atoms with E-state index in [2.05, 4.69) is 0 Å². The first-order chi connectivity index (χ1) is 12.0. The lowest BCUT2D eigenvalue weighted by atomic mass is 10.2. The lowest BCUT2D eigenvalue weighted by Gasteiger charge is -2.25. The summed E-state index contributed by atoms with van der Waals surface area (Å²) in [4.78, 5) is 0. The maximum absolute atomic E-state index is 13.7. The molecule has 2 nitrogen and oxygen atoms in total. The Bertz CT molecular complexity index is 724. The number of nitrogens with zero attached hydrogens (tertiary/aromatic N) is 1. The average molecular weight is 394 g/mol. The maximum Gasteiger partial charge on any atom is 0.196 e. The fraction of sp³-hybridized carbons (Fsp3) is 0.200. The van der Waals surface area contributed by atoms with Crippen molar-refractivity contribution in [2.75, 3.05) is 13.1 Å². The molecule has 0 aromatic heterocycles. The van der Waals surface area contributed by atoms with Crippen molar-refractivity contribution in [3.63, 3.8) is 0 Å². The topological polar surface area (TPSA) is 20.3 Å². The Labute approximate surface area is 160 Å². The summed E-state index contributed by atoms with van der Waals surface area (Å²) in [7, 11) is -3.03. The van der Waals surface area contributed by atoms with Crippen LogP contribution in [-0.2, 0) is 4.57 Å². The molecule has 0 aliphatic heterocycles. The zero-order valence-corrected chi connectivity index (χ0v) is 16.8. The Morgan fingerprint density at radius 1 is 0.840 bits per heavy atom. The van der Waals surface area contributed by atoms with Crippen molar-refractivity contribution in [3.05, 3.63) is 83.4 Å². The van der Waals surface area contributed by atoms with Crippen LogP contribution < -0.4 is 0 Å². The van der Waals surface area contributed by atoms with Gasteiger partial charge in [0.2, 0.25) is 0 Å². The predicted octanol–water partition coefficient (Wildman–Crippen LogP) is 7.08. The predicted molar refractivity (Wildman–Crippen MR) is 111 cm³/mol. The van der Waals surface area contributed by atoms with Crippen LogP contribution in [0.25, 0.3) is 10.1 Å². The largest absolute Gasteiger partial charge is 0.297 e. The molecule has 0 spiro atoms. The van der Waals surface area contributed by atoms with E-state index >= 15 is 0 Å². The molecule has 0 radical (unpaired) electrons. The molecular weight excluding hydrogens is 372 g/mol. The van der Waals surface area contributed by atoms with E-state index in [0.717, 1.165) is 11.1 Å². The first-order valence-electron chi connectivity index (χ1n) is 8.22. The number of hydrogen-bond acceptors (Lipinski definition) is 1. The van der Waals surface area contributed by atoms with Gasteiger partial charge in [-0.25, -0.2) is 4.67 Å². The van der Waals surface area contributed by atoms with Gasteiger partial charge in [-0.1, -0.05) is 97.7 Å². The highest BCUT2D eigenvalue weighted by Crippen LogP contribution is 2.56. The normalized spacial score (nSPS) is 15.2. The second-order valence-corrected chi connectivity index (χ2v) is 8.74. The molecule has 0 amide bonds. The molecule has 1 atom stereocenters. The van der Waals surface area contributed by atoms with Gasteiger partial charge in [-0.3, -0.25) is 4.57 Å². The number of halogens is 2. The number of benzene rings is 2. The molecule has 0 saturated carbocycles. The molecule has 0 aliphatic rings. The summed E-state index contributed by atoms with van der Waals surface area (Å²) in [6.07, 6.45) is 0. The smallest absolute Gasteiger partial charge is 0.196 e. The van der Waals surface area contributed by atoms with Crippen LogP contribution in [0.15, 0.2) is 72.3 Å². The van der Waals surface area contributed by atoms with E-state index in [-0.39, 0.29) is 0 Å². The Kier molecular flexibility index (Phi) is 7.53. The fourth-order valence-corrected chi connectivity index (χ4v) is 5.86. The van der Waals surface area contributed by atoms with Gasteiger partial charge >= 0.3 is 0 Å². The zero-order valence-electron chi connectivity index (χ0n) is 14.4. The molecule has 5 heteroatoms. The van der Waals surface area contributed by atoms with Gasteiger partial charge in [0.05, 0.1) is 10.1 Å². The highest BCUT2D eigenvalue weighted by Gasteiger charge is 2.25. The molecule has 0 N–H and O–H groups in total. The minimum Gasteiger partial charge on any atom is -0.297 e. The Morgan fingerprint density at radius 2 is 1.20 bits per heavy atom. The molecular formula is C20H22Cl2NOP. The van der Waals surface area contributed by atoms with Crippen molar-refractivity contribution in [2.45, 2.75) is 13.8 Å². The summed E-state index contributed by atoms with van der Waals surface area (Å²) in [5.41, 5.74) is 1.67. The van der Waals surface area contributed by atoms with E-state index in [1.807, 2.05) is 79.2 Å². The summed E-state index contributed by atoms with van der Waals surface area (Å²) in [5, 5.41) is 0.925. The van der Waals surface area contributed by atoms with Gasteiger partial charge in [0, 0.05) is 24.7 Å². The number of hydrogen-bond donors (Lipinski definition) is 0. The standard InChI is InChI=1S/C20H22Cl2NOP/c1-3-23(4-2)25(24,15-19(21)17-11-7-5-8-12-17)16-20(22)18-13-9-6-10-14-18/h5-16H,3-4H2,1-2H3/b19-15-,20-16?. The second kappa shape index (κ2) is 9.40. The monoisotopic (exact) mass is 393 g/mol. The van der Waals surface area contributed by atoms with Crippen LogP contribution in [0.5, 0.6) is 0 Å². The second-order valence-electron chi connectivity index (χ2n) is 5.50. The molecule has 0 heterocycles. The highest BCUT2D eigenvalue weighted by molar-refractivity contribution is 7.68. The summed E-state index contributed by atoms with van der Waals surface area (Å²) in [6.45, 7) is 5.23. The molecule has 132 valence electrons. The minimum atomic E-state index is -3.03. The molecule has 0 bridgehead atoms. The van der Waals surface area contributed by atoms with Crippen LogP contribution >= 0.6 is 30.5 Å². The van der Waals surface area contributed by atoms with Gasteiger partial charge in [-0.2, -0.15) is 0 Å². The van der Waals surface area contributed by atoms with Crippen LogP contribution in [-0.4, -0.2) is 17.8 Å². The fourth-order valence-electron chi connectivity index (χ4n) is 2.53. The highest BCUT2D eigenvalue weighted by atomic mass is 35.5. The van der Waals surface area contributed by atoms with Crippen molar-refractivity contribution >= 4 is 40.6 Å².